The molecule has 1 rings (SSSR count). The van der Waals surface area contributed by atoms with E-state index in [1.807, 2.05) is 0 Å². The molecule has 1 atom stereocenters. The van der Waals surface area contributed by atoms with Crippen LogP contribution in [-0.2, 0) is 0 Å². The van der Waals surface area contributed by atoms with Gasteiger partial charge in [-0.05, 0) is 18.5 Å². The molecule has 1 N–H and O–H groups in total. The summed E-state index contributed by atoms with van der Waals surface area (Å²) in [5.41, 5.74) is 1.19. The van der Waals surface area contributed by atoms with Gasteiger partial charge in [0.1, 0.15) is 0 Å². The van der Waals surface area contributed by atoms with E-state index in [-0.39, 0.29) is 0 Å². The molecule has 0 amide bonds. The van der Waals surface area contributed by atoms with Crippen molar-refractivity contribution < 1.29 is 0 Å². The molecule has 2 heteroatoms. The minimum atomic E-state index is 0.625. The first-order chi connectivity index (χ1) is 5.33. The van der Waals surface area contributed by atoms with Crippen molar-refractivity contribution >= 4 is 5.71 Å². The first-order valence-corrected chi connectivity index (χ1v) is 4.25. The number of aliphatic imine (C=N–C) groups is 1. The maximum absolute atomic E-state index is 4.42. The fourth-order valence-electron chi connectivity index (χ4n) is 1.02. The topological polar surface area (TPSA) is 24.4 Å². The molecule has 11 heavy (non-hydrogen) atoms. The second-order valence-electron chi connectivity index (χ2n) is 2.95. The Kier molecular flexibility index (Phi) is 3.30. The maximum atomic E-state index is 4.42. The molecule has 0 aliphatic carbocycles. The van der Waals surface area contributed by atoms with Crippen molar-refractivity contribution in [1.29, 1.82) is 0 Å². The summed E-state index contributed by atoms with van der Waals surface area (Å²) in [6.45, 7) is 7.18. The standard InChI is InChI=1S/C9H16N2/c1-3-10-7-9-5-4-8(2)6-11-9/h4-5,8,10H,3,6-7H2,1-2H3. The number of hydrogen-bond donors (Lipinski definition) is 1. The monoisotopic (exact) mass is 152 g/mol. The Morgan fingerprint density at radius 3 is 3.09 bits per heavy atom. The molecule has 1 heterocycles. The van der Waals surface area contributed by atoms with Crippen LogP contribution in [0.1, 0.15) is 13.8 Å². The lowest BCUT2D eigenvalue weighted by Crippen LogP contribution is -2.23. The summed E-state index contributed by atoms with van der Waals surface area (Å²) in [7, 11) is 0. The Bertz CT molecular complexity index is 170. The molecule has 62 valence electrons. The van der Waals surface area contributed by atoms with E-state index in [1.165, 1.54) is 5.71 Å². The van der Waals surface area contributed by atoms with Gasteiger partial charge >= 0.3 is 0 Å². The Labute approximate surface area is 68.4 Å². The van der Waals surface area contributed by atoms with Crippen LogP contribution in [0.4, 0.5) is 0 Å². The van der Waals surface area contributed by atoms with Gasteiger partial charge in [0.15, 0.2) is 0 Å². The number of nitrogens with zero attached hydrogens (tertiary/aromatic N) is 1. The van der Waals surface area contributed by atoms with Gasteiger partial charge in [0.25, 0.3) is 0 Å². The van der Waals surface area contributed by atoms with Crippen molar-refractivity contribution in [2.45, 2.75) is 13.8 Å². The van der Waals surface area contributed by atoms with Crippen molar-refractivity contribution in [2.24, 2.45) is 10.9 Å². The highest BCUT2D eigenvalue weighted by atomic mass is 14.9. The van der Waals surface area contributed by atoms with Crippen LogP contribution in [0.15, 0.2) is 17.1 Å². The van der Waals surface area contributed by atoms with Crippen molar-refractivity contribution in [1.82, 2.24) is 5.32 Å². The average molecular weight is 152 g/mol. The summed E-state index contributed by atoms with van der Waals surface area (Å²) in [6, 6.07) is 0. The third kappa shape index (κ3) is 2.85. The number of hydrogen-bond acceptors (Lipinski definition) is 2. The van der Waals surface area contributed by atoms with Crippen LogP contribution in [0, 0.1) is 5.92 Å². The third-order valence-corrected chi connectivity index (χ3v) is 1.76. The second-order valence-corrected chi connectivity index (χ2v) is 2.95. The van der Waals surface area contributed by atoms with Gasteiger partial charge in [0.05, 0.1) is 0 Å². The van der Waals surface area contributed by atoms with Crippen molar-refractivity contribution in [3.63, 3.8) is 0 Å². The smallest absolute Gasteiger partial charge is 0.0483 e. The molecule has 0 saturated heterocycles. The van der Waals surface area contributed by atoms with E-state index >= 15 is 0 Å². The molecule has 0 saturated carbocycles. The summed E-state index contributed by atoms with van der Waals surface area (Å²) in [5.74, 6) is 0.625. The molecule has 0 bridgehead atoms. The first kappa shape index (κ1) is 8.47. The zero-order chi connectivity index (χ0) is 8.10. The van der Waals surface area contributed by atoms with E-state index in [1.54, 1.807) is 0 Å². The lowest BCUT2D eigenvalue weighted by molar-refractivity contribution is 0.725. The predicted molar refractivity (Wildman–Crippen MR) is 49.1 cm³/mol. The van der Waals surface area contributed by atoms with Gasteiger partial charge in [-0.15, -0.1) is 0 Å². The molecule has 0 radical (unpaired) electrons. The summed E-state index contributed by atoms with van der Waals surface area (Å²) in [4.78, 5) is 4.42. The van der Waals surface area contributed by atoms with Crippen LogP contribution in [-0.4, -0.2) is 25.3 Å². The van der Waals surface area contributed by atoms with Crippen molar-refractivity contribution in [3.05, 3.63) is 12.2 Å². The average Bonchev–Trinajstić information content (AvgIpc) is 2.04. The van der Waals surface area contributed by atoms with Gasteiger partial charge in [-0.1, -0.05) is 19.9 Å². The summed E-state index contributed by atoms with van der Waals surface area (Å²) in [6.07, 6.45) is 4.34. The highest BCUT2D eigenvalue weighted by Crippen LogP contribution is 2.03. The molecule has 1 unspecified atom stereocenters. The molecule has 0 aromatic rings. The Morgan fingerprint density at radius 1 is 1.73 bits per heavy atom. The molecular weight excluding hydrogens is 136 g/mol. The number of rotatable bonds is 3. The Morgan fingerprint density at radius 2 is 2.55 bits per heavy atom. The second kappa shape index (κ2) is 4.29. The van der Waals surface area contributed by atoms with Gasteiger partial charge in [0.2, 0.25) is 0 Å². The van der Waals surface area contributed by atoms with Gasteiger partial charge in [0, 0.05) is 18.8 Å². The molecular formula is C9H16N2. The molecule has 0 spiro atoms. The highest BCUT2D eigenvalue weighted by Gasteiger charge is 2.02. The van der Waals surface area contributed by atoms with Crippen molar-refractivity contribution in [3.8, 4) is 0 Å². The van der Waals surface area contributed by atoms with E-state index in [0.717, 1.165) is 19.6 Å². The quantitative estimate of drug-likeness (QED) is 0.646. The highest BCUT2D eigenvalue weighted by molar-refractivity contribution is 5.97. The van der Waals surface area contributed by atoms with Crippen LogP contribution in [0.25, 0.3) is 0 Å². The van der Waals surface area contributed by atoms with Crippen LogP contribution < -0.4 is 5.32 Å². The largest absolute Gasteiger partial charge is 0.311 e. The molecule has 1 aliphatic rings. The Balaban J connectivity index is 2.31. The summed E-state index contributed by atoms with van der Waals surface area (Å²) < 4.78 is 0. The molecule has 0 aromatic heterocycles. The van der Waals surface area contributed by atoms with E-state index in [0.29, 0.717) is 5.92 Å². The van der Waals surface area contributed by atoms with Crippen LogP contribution in [0.5, 0.6) is 0 Å². The van der Waals surface area contributed by atoms with Gasteiger partial charge in [-0.25, -0.2) is 0 Å². The zero-order valence-corrected chi connectivity index (χ0v) is 7.30. The van der Waals surface area contributed by atoms with Crippen molar-refractivity contribution in [2.75, 3.05) is 19.6 Å². The number of nitrogens with one attached hydrogen (secondary N) is 1. The Hall–Kier alpha value is -0.630. The van der Waals surface area contributed by atoms with Gasteiger partial charge in [-0.2, -0.15) is 0 Å². The predicted octanol–water partition coefficient (Wildman–Crippen LogP) is 1.24. The van der Waals surface area contributed by atoms with E-state index in [2.05, 4.69) is 36.3 Å². The molecule has 0 fully saturated rings. The maximum Gasteiger partial charge on any atom is 0.0483 e. The minimum Gasteiger partial charge on any atom is -0.311 e. The van der Waals surface area contributed by atoms with Crippen LogP contribution >= 0.6 is 0 Å². The van der Waals surface area contributed by atoms with Gasteiger partial charge < -0.3 is 5.32 Å². The molecule has 2 nitrogen and oxygen atoms in total. The summed E-state index contributed by atoms with van der Waals surface area (Å²) >= 11 is 0. The summed E-state index contributed by atoms with van der Waals surface area (Å²) in [5, 5.41) is 3.25. The fraction of sp³-hybridized carbons (Fsp3) is 0.667. The first-order valence-electron chi connectivity index (χ1n) is 4.25. The fourth-order valence-corrected chi connectivity index (χ4v) is 1.02. The zero-order valence-electron chi connectivity index (χ0n) is 7.30. The van der Waals surface area contributed by atoms with E-state index in [4.69, 9.17) is 0 Å². The van der Waals surface area contributed by atoms with E-state index < -0.39 is 0 Å². The minimum absolute atomic E-state index is 0.625. The third-order valence-electron chi connectivity index (χ3n) is 1.76. The lowest BCUT2D eigenvalue weighted by Gasteiger charge is -2.10. The lowest BCUT2D eigenvalue weighted by atomic mass is 10.1. The SMILES string of the molecule is CCNCC1=NCC(C)C=C1. The van der Waals surface area contributed by atoms with Gasteiger partial charge in [-0.3, -0.25) is 4.99 Å². The van der Waals surface area contributed by atoms with Crippen LogP contribution in [0.3, 0.4) is 0 Å². The molecule has 1 aliphatic heterocycles. The molecule has 0 aromatic carbocycles. The van der Waals surface area contributed by atoms with Crippen LogP contribution in [0.2, 0.25) is 0 Å². The number of dihydropyridines is 1. The van der Waals surface area contributed by atoms with E-state index in [9.17, 15) is 0 Å². The normalized spacial score (nSPS) is 23.5.